The second kappa shape index (κ2) is 4.62. The molecule has 1 fully saturated rings. The number of hydrogen-bond donors (Lipinski definition) is 2. The summed E-state index contributed by atoms with van der Waals surface area (Å²) in [6, 6.07) is 3.69. The van der Waals surface area contributed by atoms with Crippen LogP contribution in [0.1, 0.15) is 12.8 Å². The lowest BCUT2D eigenvalue weighted by atomic mass is 9.92. The number of rotatable bonds is 2. The minimum Gasteiger partial charge on any atom is -0.378 e. The summed E-state index contributed by atoms with van der Waals surface area (Å²) in [6.45, 7) is 0.948. The number of halogens is 1. The third-order valence-electron chi connectivity index (χ3n) is 2.97. The van der Waals surface area contributed by atoms with Crippen LogP contribution in [0.5, 0.6) is 0 Å². The number of piperidine rings is 1. The van der Waals surface area contributed by atoms with E-state index >= 15 is 0 Å². The van der Waals surface area contributed by atoms with Crippen LogP contribution in [0, 0.1) is 0 Å². The Kier molecular flexibility index (Phi) is 3.35. The Bertz CT molecular complexity index is 440. The lowest BCUT2D eigenvalue weighted by Crippen LogP contribution is -2.56. The summed E-state index contributed by atoms with van der Waals surface area (Å²) in [7, 11) is 0. The van der Waals surface area contributed by atoms with Crippen LogP contribution in [-0.2, 0) is 4.79 Å². The highest BCUT2D eigenvalue weighted by Crippen LogP contribution is 2.29. The Morgan fingerprint density at radius 3 is 3.06 bits per heavy atom. The number of aromatic nitrogens is 1. The Morgan fingerprint density at radius 2 is 2.41 bits per heavy atom. The van der Waals surface area contributed by atoms with Crippen molar-refractivity contribution in [3.05, 3.63) is 22.8 Å². The van der Waals surface area contributed by atoms with Crippen molar-refractivity contribution >= 4 is 27.7 Å². The van der Waals surface area contributed by atoms with E-state index in [2.05, 4.69) is 20.9 Å². The topological polar surface area (TPSA) is 79.5 Å². The first kappa shape index (κ1) is 12.3. The Balaban J connectivity index is 2.24. The van der Waals surface area contributed by atoms with E-state index in [-0.39, 0.29) is 6.54 Å². The van der Waals surface area contributed by atoms with Gasteiger partial charge in [-0.3, -0.25) is 4.79 Å². The third kappa shape index (κ3) is 2.42. The fourth-order valence-electron chi connectivity index (χ4n) is 2.03. The van der Waals surface area contributed by atoms with Gasteiger partial charge in [0.1, 0.15) is 5.82 Å². The van der Waals surface area contributed by atoms with Crippen LogP contribution in [0.25, 0.3) is 0 Å². The van der Waals surface area contributed by atoms with Gasteiger partial charge in [-0.2, -0.15) is 0 Å². The molecule has 0 unspecified atom stereocenters. The standard InChI is InChI=1S/C11H14BrN3O2/c12-8-3-1-5-14-9(8)15-6-2-4-11(17,7-15)10(13)16/h1,3,5,17H,2,4,6-7H2,(H2,13,16)/t11-/m0/s1. The number of carbonyl (C=O) groups excluding carboxylic acids is 1. The number of nitrogens with two attached hydrogens (primary N) is 1. The molecule has 1 atom stereocenters. The van der Waals surface area contributed by atoms with E-state index < -0.39 is 11.5 Å². The van der Waals surface area contributed by atoms with Crippen LogP contribution >= 0.6 is 15.9 Å². The lowest BCUT2D eigenvalue weighted by Gasteiger charge is -2.37. The molecular weight excluding hydrogens is 286 g/mol. The van der Waals surface area contributed by atoms with E-state index in [1.807, 2.05) is 17.0 Å². The lowest BCUT2D eigenvalue weighted by molar-refractivity contribution is -0.137. The molecular formula is C11H14BrN3O2. The van der Waals surface area contributed by atoms with Gasteiger partial charge in [0.2, 0.25) is 0 Å². The zero-order valence-corrected chi connectivity index (χ0v) is 10.9. The molecule has 0 aromatic carbocycles. The minimum absolute atomic E-state index is 0.192. The molecule has 1 aromatic heterocycles. The van der Waals surface area contributed by atoms with E-state index in [9.17, 15) is 9.90 Å². The number of aliphatic hydroxyl groups is 1. The Morgan fingerprint density at radius 1 is 1.65 bits per heavy atom. The number of anilines is 1. The second-order valence-corrected chi connectivity index (χ2v) is 5.08. The zero-order chi connectivity index (χ0) is 12.5. The molecule has 17 heavy (non-hydrogen) atoms. The van der Waals surface area contributed by atoms with Crippen molar-refractivity contribution in [2.24, 2.45) is 5.73 Å². The molecule has 2 heterocycles. The van der Waals surface area contributed by atoms with Crippen molar-refractivity contribution in [3.8, 4) is 0 Å². The van der Waals surface area contributed by atoms with Crippen molar-refractivity contribution in [2.75, 3.05) is 18.0 Å². The fraction of sp³-hybridized carbons (Fsp3) is 0.455. The number of carbonyl (C=O) groups is 1. The van der Waals surface area contributed by atoms with Crippen LogP contribution in [0.2, 0.25) is 0 Å². The number of β-amino-alcohol motifs (C(OH)–C–C–N with tert-alkyl or cyclic N) is 1. The molecule has 0 saturated carbocycles. The number of primary amides is 1. The SMILES string of the molecule is NC(=O)[C@]1(O)CCCN(c2ncccc2Br)C1. The maximum absolute atomic E-state index is 11.3. The molecule has 3 N–H and O–H groups in total. The second-order valence-electron chi connectivity index (χ2n) is 4.23. The van der Waals surface area contributed by atoms with E-state index in [1.54, 1.807) is 6.20 Å². The summed E-state index contributed by atoms with van der Waals surface area (Å²) in [6.07, 6.45) is 2.80. The summed E-state index contributed by atoms with van der Waals surface area (Å²) in [5.74, 6) is 0.0566. The van der Waals surface area contributed by atoms with Gasteiger partial charge in [0.05, 0.1) is 11.0 Å². The molecule has 0 spiro atoms. The molecule has 0 bridgehead atoms. The van der Waals surface area contributed by atoms with E-state index in [4.69, 9.17) is 5.73 Å². The first-order chi connectivity index (χ1) is 8.03. The van der Waals surface area contributed by atoms with Gasteiger partial charge in [-0.25, -0.2) is 4.98 Å². The Hall–Kier alpha value is -1.14. The quantitative estimate of drug-likeness (QED) is 0.841. The molecule has 0 aliphatic carbocycles. The molecule has 1 amide bonds. The van der Waals surface area contributed by atoms with Gasteiger partial charge < -0.3 is 15.7 Å². The summed E-state index contributed by atoms with van der Waals surface area (Å²) in [4.78, 5) is 17.4. The van der Waals surface area contributed by atoms with E-state index in [0.717, 1.165) is 16.8 Å². The predicted molar refractivity (Wildman–Crippen MR) is 67.5 cm³/mol. The van der Waals surface area contributed by atoms with Crippen molar-refractivity contribution in [2.45, 2.75) is 18.4 Å². The molecule has 0 radical (unpaired) electrons. The van der Waals surface area contributed by atoms with Gasteiger partial charge in [-0.1, -0.05) is 0 Å². The number of amides is 1. The number of hydrogen-bond acceptors (Lipinski definition) is 4. The minimum atomic E-state index is -1.45. The highest BCUT2D eigenvalue weighted by atomic mass is 79.9. The monoisotopic (exact) mass is 299 g/mol. The molecule has 1 aromatic rings. The molecule has 1 aliphatic rings. The predicted octanol–water partition coefficient (Wildman–Crippen LogP) is 0.661. The smallest absolute Gasteiger partial charge is 0.251 e. The van der Waals surface area contributed by atoms with E-state index in [0.29, 0.717) is 12.8 Å². The van der Waals surface area contributed by atoms with Crippen LogP contribution in [0.3, 0.4) is 0 Å². The summed E-state index contributed by atoms with van der Waals surface area (Å²) >= 11 is 3.40. The van der Waals surface area contributed by atoms with Gasteiger partial charge in [-0.15, -0.1) is 0 Å². The summed E-state index contributed by atoms with van der Waals surface area (Å²) in [5, 5.41) is 10.1. The molecule has 1 saturated heterocycles. The fourth-order valence-corrected chi connectivity index (χ4v) is 2.53. The van der Waals surface area contributed by atoms with Crippen molar-refractivity contribution in [1.29, 1.82) is 0 Å². The van der Waals surface area contributed by atoms with Crippen LogP contribution < -0.4 is 10.6 Å². The number of nitrogens with zero attached hydrogens (tertiary/aromatic N) is 2. The maximum Gasteiger partial charge on any atom is 0.251 e. The summed E-state index contributed by atoms with van der Waals surface area (Å²) < 4.78 is 0.841. The van der Waals surface area contributed by atoms with Gasteiger partial charge in [0.25, 0.3) is 5.91 Å². The number of pyridine rings is 1. The largest absolute Gasteiger partial charge is 0.378 e. The first-order valence-electron chi connectivity index (χ1n) is 5.41. The van der Waals surface area contributed by atoms with Gasteiger partial charge in [-0.05, 0) is 40.9 Å². The third-order valence-corrected chi connectivity index (χ3v) is 3.59. The average Bonchev–Trinajstić information content (AvgIpc) is 2.29. The van der Waals surface area contributed by atoms with E-state index in [1.165, 1.54) is 0 Å². The van der Waals surface area contributed by atoms with Crippen LogP contribution in [0.15, 0.2) is 22.8 Å². The van der Waals surface area contributed by atoms with Gasteiger partial charge in [0, 0.05) is 12.7 Å². The van der Waals surface area contributed by atoms with Crippen molar-refractivity contribution in [1.82, 2.24) is 4.98 Å². The highest BCUT2D eigenvalue weighted by Gasteiger charge is 2.39. The molecule has 92 valence electrons. The molecule has 2 rings (SSSR count). The molecule has 1 aliphatic heterocycles. The zero-order valence-electron chi connectivity index (χ0n) is 9.27. The maximum atomic E-state index is 11.3. The van der Waals surface area contributed by atoms with Crippen molar-refractivity contribution in [3.63, 3.8) is 0 Å². The Labute approximate surface area is 108 Å². The normalized spacial score (nSPS) is 24.7. The van der Waals surface area contributed by atoms with Crippen LogP contribution in [-0.4, -0.2) is 34.7 Å². The summed E-state index contributed by atoms with van der Waals surface area (Å²) in [5.41, 5.74) is 3.78. The molecule has 6 heteroatoms. The first-order valence-corrected chi connectivity index (χ1v) is 6.20. The van der Waals surface area contributed by atoms with Crippen molar-refractivity contribution < 1.29 is 9.90 Å². The van der Waals surface area contributed by atoms with Gasteiger partial charge >= 0.3 is 0 Å². The average molecular weight is 300 g/mol. The molecule has 5 nitrogen and oxygen atoms in total. The van der Waals surface area contributed by atoms with Crippen LogP contribution in [0.4, 0.5) is 5.82 Å². The highest BCUT2D eigenvalue weighted by molar-refractivity contribution is 9.10. The van der Waals surface area contributed by atoms with Gasteiger partial charge in [0.15, 0.2) is 5.60 Å².